The van der Waals surface area contributed by atoms with Crippen molar-refractivity contribution in [2.24, 2.45) is 0 Å². The van der Waals surface area contributed by atoms with Crippen LogP contribution < -0.4 is 10.5 Å². The van der Waals surface area contributed by atoms with E-state index in [4.69, 9.17) is 14.9 Å². The molecule has 0 saturated carbocycles. The van der Waals surface area contributed by atoms with Crippen LogP contribution >= 0.6 is 0 Å². The molecule has 0 saturated heterocycles. The summed E-state index contributed by atoms with van der Waals surface area (Å²) in [6, 6.07) is 8.29. The molecule has 90 valence electrons. The van der Waals surface area contributed by atoms with Crippen LogP contribution in [0.5, 0.6) is 5.75 Å². The fourth-order valence-corrected chi connectivity index (χ4v) is 1.66. The van der Waals surface area contributed by atoms with E-state index in [-0.39, 0.29) is 6.01 Å². The first-order valence-corrected chi connectivity index (χ1v) is 5.70. The summed E-state index contributed by atoms with van der Waals surface area (Å²) in [6.07, 6.45) is 3.34. The number of benzene rings is 1. The number of hydrogen-bond donors (Lipinski definition) is 1. The molecule has 2 aromatic rings. The lowest BCUT2D eigenvalue weighted by molar-refractivity contribution is 0.340. The summed E-state index contributed by atoms with van der Waals surface area (Å²) in [4.78, 5) is 3.86. The largest absolute Gasteiger partial charge is 0.494 e. The number of nitrogens with zero attached hydrogens (tertiary/aromatic N) is 1. The van der Waals surface area contributed by atoms with Crippen LogP contribution in [-0.2, 0) is 12.8 Å². The molecule has 17 heavy (non-hydrogen) atoms. The van der Waals surface area contributed by atoms with Gasteiger partial charge in [-0.25, -0.2) is 4.98 Å². The zero-order chi connectivity index (χ0) is 12.1. The molecule has 0 aliphatic carbocycles. The molecule has 0 atom stereocenters. The Morgan fingerprint density at radius 1 is 1.35 bits per heavy atom. The van der Waals surface area contributed by atoms with Gasteiger partial charge in [-0.15, -0.1) is 0 Å². The fourth-order valence-electron chi connectivity index (χ4n) is 1.66. The minimum atomic E-state index is 0.225. The molecule has 0 fully saturated rings. The molecular weight excluding hydrogens is 216 g/mol. The van der Waals surface area contributed by atoms with Gasteiger partial charge < -0.3 is 14.9 Å². The third-order valence-electron chi connectivity index (χ3n) is 2.44. The van der Waals surface area contributed by atoms with Gasteiger partial charge in [0.1, 0.15) is 11.5 Å². The highest BCUT2D eigenvalue weighted by Gasteiger charge is 2.02. The van der Waals surface area contributed by atoms with Crippen molar-refractivity contribution in [3.63, 3.8) is 0 Å². The summed E-state index contributed by atoms with van der Waals surface area (Å²) in [5.41, 5.74) is 6.63. The van der Waals surface area contributed by atoms with Gasteiger partial charge in [0, 0.05) is 6.42 Å². The van der Waals surface area contributed by atoms with Crippen LogP contribution in [0.15, 0.2) is 34.9 Å². The van der Waals surface area contributed by atoms with Gasteiger partial charge in [0.05, 0.1) is 12.8 Å². The van der Waals surface area contributed by atoms with Crippen molar-refractivity contribution in [1.82, 2.24) is 4.98 Å². The number of nitrogens with two attached hydrogens (primary N) is 1. The van der Waals surface area contributed by atoms with Crippen molar-refractivity contribution in [2.45, 2.75) is 19.8 Å². The average Bonchev–Trinajstić information content (AvgIpc) is 2.74. The van der Waals surface area contributed by atoms with Gasteiger partial charge in [-0.3, -0.25) is 0 Å². The second kappa shape index (κ2) is 5.39. The maximum absolute atomic E-state index is 5.45. The van der Waals surface area contributed by atoms with Crippen LogP contribution in [0.3, 0.4) is 0 Å². The van der Waals surface area contributed by atoms with E-state index in [1.54, 1.807) is 6.20 Å². The van der Waals surface area contributed by atoms with Crippen LogP contribution in [0.2, 0.25) is 0 Å². The number of rotatable bonds is 5. The molecule has 4 nitrogen and oxygen atoms in total. The Kier molecular flexibility index (Phi) is 3.65. The monoisotopic (exact) mass is 232 g/mol. The molecule has 0 amide bonds. The lowest BCUT2D eigenvalue weighted by atomic mass is 10.1. The highest BCUT2D eigenvalue weighted by molar-refractivity contribution is 5.29. The molecule has 2 rings (SSSR count). The minimum Gasteiger partial charge on any atom is -0.494 e. The van der Waals surface area contributed by atoms with Crippen molar-refractivity contribution >= 4 is 6.01 Å². The molecule has 0 radical (unpaired) electrons. The zero-order valence-electron chi connectivity index (χ0n) is 9.85. The van der Waals surface area contributed by atoms with E-state index in [1.165, 1.54) is 5.56 Å². The van der Waals surface area contributed by atoms with E-state index >= 15 is 0 Å². The van der Waals surface area contributed by atoms with E-state index in [0.717, 1.165) is 24.4 Å². The van der Waals surface area contributed by atoms with Crippen molar-refractivity contribution in [1.29, 1.82) is 0 Å². The standard InChI is InChI=1S/C13H16N2O2/c1-2-16-11-5-3-4-10(8-11)6-7-12-9-15-13(14)17-12/h3-5,8-9H,2,6-7H2,1H3,(H2,14,15). The third kappa shape index (κ3) is 3.24. The van der Waals surface area contributed by atoms with E-state index in [9.17, 15) is 0 Å². The molecule has 2 N–H and O–H groups in total. The Balaban J connectivity index is 1.96. The first kappa shape index (κ1) is 11.5. The topological polar surface area (TPSA) is 61.3 Å². The second-order valence-corrected chi connectivity index (χ2v) is 3.75. The molecule has 1 aromatic carbocycles. The van der Waals surface area contributed by atoms with Crippen molar-refractivity contribution < 1.29 is 9.15 Å². The molecule has 0 spiro atoms. The van der Waals surface area contributed by atoms with Crippen LogP contribution in [0.4, 0.5) is 6.01 Å². The van der Waals surface area contributed by atoms with Gasteiger partial charge in [-0.2, -0.15) is 0 Å². The number of aryl methyl sites for hydroxylation is 2. The summed E-state index contributed by atoms with van der Waals surface area (Å²) in [7, 11) is 0. The third-order valence-corrected chi connectivity index (χ3v) is 2.44. The number of anilines is 1. The molecule has 4 heteroatoms. The summed E-state index contributed by atoms with van der Waals surface area (Å²) in [5, 5.41) is 0. The second-order valence-electron chi connectivity index (χ2n) is 3.75. The molecule has 1 aromatic heterocycles. The highest BCUT2D eigenvalue weighted by atomic mass is 16.5. The van der Waals surface area contributed by atoms with Gasteiger partial charge in [0.2, 0.25) is 0 Å². The fraction of sp³-hybridized carbons (Fsp3) is 0.308. The Morgan fingerprint density at radius 2 is 2.24 bits per heavy atom. The van der Waals surface area contributed by atoms with Crippen molar-refractivity contribution in [3.05, 3.63) is 41.8 Å². The van der Waals surface area contributed by atoms with Crippen LogP contribution in [-0.4, -0.2) is 11.6 Å². The van der Waals surface area contributed by atoms with Crippen LogP contribution in [0, 0.1) is 0 Å². The van der Waals surface area contributed by atoms with Gasteiger partial charge in [-0.1, -0.05) is 12.1 Å². The van der Waals surface area contributed by atoms with Gasteiger partial charge in [0.25, 0.3) is 6.01 Å². The van der Waals surface area contributed by atoms with E-state index in [0.29, 0.717) is 6.61 Å². The zero-order valence-corrected chi connectivity index (χ0v) is 9.85. The first-order chi connectivity index (χ1) is 8.28. The lowest BCUT2D eigenvalue weighted by Crippen LogP contribution is -1.94. The SMILES string of the molecule is CCOc1cccc(CCc2cnc(N)o2)c1. The summed E-state index contributed by atoms with van der Waals surface area (Å²) >= 11 is 0. The molecule has 0 aliphatic heterocycles. The first-order valence-electron chi connectivity index (χ1n) is 5.70. The number of nitrogen functional groups attached to an aromatic ring is 1. The Morgan fingerprint density at radius 3 is 2.94 bits per heavy atom. The average molecular weight is 232 g/mol. The molecule has 1 heterocycles. The molecule has 0 unspecified atom stereocenters. The summed E-state index contributed by atoms with van der Waals surface area (Å²) in [6.45, 7) is 2.66. The van der Waals surface area contributed by atoms with Gasteiger partial charge >= 0.3 is 0 Å². The van der Waals surface area contributed by atoms with Crippen LogP contribution in [0.25, 0.3) is 0 Å². The smallest absolute Gasteiger partial charge is 0.292 e. The number of ether oxygens (including phenoxy) is 1. The van der Waals surface area contributed by atoms with E-state index < -0.39 is 0 Å². The molecular formula is C13H16N2O2. The Labute approximate surface area is 100 Å². The predicted octanol–water partition coefficient (Wildman–Crippen LogP) is 2.44. The molecule has 0 bridgehead atoms. The predicted molar refractivity (Wildman–Crippen MR) is 65.9 cm³/mol. The summed E-state index contributed by atoms with van der Waals surface area (Å²) in [5.74, 6) is 1.71. The maximum Gasteiger partial charge on any atom is 0.292 e. The maximum atomic E-state index is 5.45. The molecule has 0 aliphatic rings. The summed E-state index contributed by atoms with van der Waals surface area (Å²) < 4.78 is 10.7. The number of aromatic nitrogens is 1. The number of hydrogen-bond acceptors (Lipinski definition) is 4. The normalized spacial score (nSPS) is 10.4. The van der Waals surface area contributed by atoms with Crippen molar-refractivity contribution in [2.75, 3.05) is 12.3 Å². The highest BCUT2D eigenvalue weighted by Crippen LogP contribution is 2.15. The van der Waals surface area contributed by atoms with Gasteiger partial charge in [-0.05, 0) is 31.0 Å². The Hall–Kier alpha value is -1.97. The van der Waals surface area contributed by atoms with Crippen molar-refractivity contribution in [3.8, 4) is 5.75 Å². The Bertz CT molecular complexity index is 480. The quantitative estimate of drug-likeness (QED) is 0.860. The number of oxazole rings is 1. The van der Waals surface area contributed by atoms with E-state index in [1.807, 2.05) is 25.1 Å². The van der Waals surface area contributed by atoms with E-state index in [2.05, 4.69) is 11.1 Å². The minimum absolute atomic E-state index is 0.225. The van der Waals surface area contributed by atoms with Crippen LogP contribution in [0.1, 0.15) is 18.2 Å². The lowest BCUT2D eigenvalue weighted by Gasteiger charge is -2.05. The van der Waals surface area contributed by atoms with Gasteiger partial charge in [0.15, 0.2) is 0 Å².